The topological polar surface area (TPSA) is 57.2 Å². The monoisotopic (exact) mass is 411 g/mol. The Morgan fingerprint density at radius 3 is 1.32 bits per heavy atom. The Hall–Kier alpha value is -2.71. The standard InChI is InChI=1S/C19H15F.CHF3O3S/c20-18-13-11-17(12-14-18)19(15-7-3-1-4-8-15)16-9-5-2-6-10-16;2-1(3,4)8(5,6)7/h1-14,19H;(H,5,6,7)/p-1. The van der Waals surface area contributed by atoms with E-state index in [0.717, 1.165) is 5.56 Å². The second kappa shape index (κ2) is 8.99. The predicted molar refractivity (Wildman–Crippen MR) is 96.0 cm³/mol. The van der Waals surface area contributed by atoms with Gasteiger partial charge in [0.2, 0.25) is 0 Å². The third-order valence-corrected chi connectivity index (χ3v) is 4.32. The summed E-state index contributed by atoms with van der Waals surface area (Å²) < 4.78 is 72.1. The summed E-state index contributed by atoms with van der Waals surface area (Å²) in [6, 6.07) is 27.4. The highest BCUT2D eigenvalue weighted by Crippen LogP contribution is 2.31. The van der Waals surface area contributed by atoms with E-state index in [2.05, 4.69) is 24.3 Å². The van der Waals surface area contributed by atoms with E-state index in [1.807, 2.05) is 48.5 Å². The lowest BCUT2D eigenvalue weighted by molar-refractivity contribution is -0.0517. The Balaban J connectivity index is 0.000000300. The first-order valence-electron chi connectivity index (χ1n) is 7.97. The molecule has 0 saturated heterocycles. The van der Waals surface area contributed by atoms with Crippen molar-refractivity contribution in [3.63, 3.8) is 0 Å². The van der Waals surface area contributed by atoms with Crippen LogP contribution in [0.1, 0.15) is 22.6 Å². The smallest absolute Gasteiger partial charge is 0.485 e. The molecular weight excluding hydrogens is 396 g/mol. The molecule has 0 saturated carbocycles. The molecule has 3 aromatic carbocycles. The predicted octanol–water partition coefficient (Wildman–Crippen LogP) is 5.06. The average Bonchev–Trinajstić information content (AvgIpc) is 2.64. The molecule has 0 amide bonds. The van der Waals surface area contributed by atoms with Crippen molar-refractivity contribution in [2.75, 3.05) is 0 Å². The van der Waals surface area contributed by atoms with Gasteiger partial charge in [-0.2, -0.15) is 13.2 Å². The number of rotatable bonds is 3. The minimum Gasteiger partial charge on any atom is -0.741 e. The SMILES string of the molecule is Fc1ccc(C(c2ccccc2)c2ccccc2)cc1.O=S(=O)([O-])C(F)(F)F. The maximum Gasteiger partial charge on any atom is 0.485 e. The van der Waals surface area contributed by atoms with Crippen molar-refractivity contribution in [3.05, 3.63) is 107 Å². The zero-order chi connectivity index (χ0) is 20.8. The first-order chi connectivity index (χ1) is 13.1. The Morgan fingerprint density at radius 1 is 0.679 bits per heavy atom. The lowest BCUT2D eigenvalue weighted by Crippen LogP contribution is -2.21. The number of alkyl halides is 3. The molecule has 0 N–H and O–H groups in total. The minimum absolute atomic E-state index is 0.137. The van der Waals surface area contributed by atoms with Gasteiger partial charge in [-0.15, -0.1) is 0 Å². The molecular formula is C20H15F4O3S-. The van der Waals surface area contributed by atoms with Crippen LogP contribution in [0.25, 0.3) is 0 Å². The van der Waals surface area contributed by atoms with Crippen molar-refractivity contribution < 1.29 is 30.5 Å². The van der Waals surface area contributed by atoms with Crippen molar-refractivity contribution in [1.29, 1.82) is 0 Å². The number of hydrogen-bond donors (Lipinski definition) is 0. The van der Waals surface area contributed by atoms with E-state index in [-0.39, 0.29) is 11.7 Å². The molecule has 0 unspecified atom stereocenters. The lowest BCUT2D eigenvalue weighted by Gasteiger charge is -2.18. The summed E-state index contributed by atoms with van der Waals surface area (Å²) in [5, 5.41) is 0. The fraction of sp³-hybridized carbons (Fsp3) is 0.100. The molecule has 0 fully saturated rings. The zero-order valence-electron chi connectivity index (χ0n) is 14.3. The van der Waals surface area contributed by atoms with E-state index in [1.165, 1.54) is 23.3 Å². The van der Waals surface area contributed by atoms with E-state index in [1.54, 1.807) is 0 Å². The quantitative estimate of drug-likeness (QED) is 0.262. The largest absolute Gasteiger partial charge is 0.741 e. The molecule has 0 heterocycles. The fourth-order valence-corrected chi connectivity index (χ4v) is 2.52. The molecule has 3 aromatic rings. The fourth-order valence-electron chi connectivity index (χ4n) is 2.52. The highest BCUT2D eigenvalue weighted by molar-refractivity contribution is 7.86. The van der Waals surface area contributed by atoms with Gasteiger partial charge in [-0.1, -0.05) is 72.8 Å². The van der Waals surface area contributed by atoms with Crippen LogP contribution >= 0.6 is 0 Å². The van der Waals surface area contributed by atoms with Crippen LogP contribution in [0.15, 0.2) is 84.9 Å². The molecule has 148 valence electrons. The Morgan fingerprint density at radius 2 is 1.00 bits per heavy atom. The van der Waals surface area contributed by atoms with E-state index in [0.29, 0.717) is 0 Å². The van der Waals surface area contributed by atoms with Gasteiger partial charge in [-0.05, 0) is 28.8 Å². The Bertz CT molecular complexity index is 932. The summed E-state index contributed by atoms with van der Waals surface area (Å²) in [6.07, 6.45) is 0. The van der Waals surface area contributed by atoms with E-state index in [9.17, 15) is 17.6 Å². The van der Waals surface area contributed by atoms with Gasteiger partial charge in [-0.3, -0.25) is 0 Å². The van der Waals surface area contributed by atoms with Crippen molar-refractivity contribution in [3.8, 4) is 0 Å². The molecule has 0 aliphatic carbocycles. The molecule has 0 aromatic heterocycles. The van der Waals surface area contributed by atoms with Crippen molar-refractivity contribution in [2.45, 2.75) is 11.4 Å². The molecule has 3 rings (SSSR count). The van der Waals surface area contributed by atoms with E-state index in [4.69, 9.17) is 13.0 Å². The summed E-state index contributed by atoms with van der Waals surface area (Å²) in [4.78, 5) is 0. The number of benzene rings is 3. The van der Waals surface area contributed by atoms with Crippen LogP contribution in [0, 0.1) is 5.82 Å². The summed E-state index contributed by atoms with van der Waals surface area (Å²) in [5.41, 5.74) is -2.12. The van der Waals surface area contributed by atoms with E-state index >= 15 is 0 Å². The second-order valence-corrected chi connectivity index (χ2v) is 7.08. The van der Waals surface area contributed by atoms with Gasteiger partial charge in [0, 0.05) is 5.92 Å². The minimum atomic E-state index is -6.09. The summed E-state index contributed by atoms with van der Waals surface area (Å²) >= 11 is 0. The molecule has 3 nitrogen and oxygen atoms in total. The Labute approximate surface area is 160 Å². The number of halogens is 4. The summed E-state index contributed by atoms with van der Waals surface area (Å²) in [7, 11) is -6.09. The van der Waals surface area contributed by atoms with Gasteiger partial charge in [0.05, 0.1) is 0 Å². The normalized spacial score (nSPS) is 11.6. The van der Waals surface area contributed by atoms with Crippen molar-refractivity contribution >= 4 is 10.1 Å². The zero-order valence-corrected chi connectivity index (χ0v) is 15.1. The average molecular weight is 411 g/mol. The van der Waals surface area contributed by atoms with E-state index < -0.39 is 15.6 Å². The highest BCUT2D eigenvalue weighted by atomic mass is 32.2. The van der Waals surface area contributed by atoms with Crippen molar-refractivity contribution in [2.24, 2.45) is 0 Å². The molecule has 0 spiro atoms. The highest BCUT2D eigenvalue weighted by Gasteiger charge is 2.36. The third kappa shape index (κ3) is 5.90. The van der Waals surface area contributed by atoms with Gasteiger partial charge < -0.3 is 4.55 Å². The summed E-state index contributed by atoms with van der Waals surface area (Å²) in [5.74, 6) is -0.0633. The molecule has 28 heavy (non-hydrogen) atoms. The molecule has 8 heteroatoms. The van der Waals surface area contributed by atoms with Crippen LogP contribution < -0.4 is 0 Å². The van der Waals surface area contributed by atoms with Crippen LogP contribution in [0.3, 0.4) is 0 Å². The van der Waals surface area contributed by atoms with Gasteiger partial charge in [0.25, 0.3) is 0 Å². The molecule has 0 bridgehead atoms. The van der Waals surface area contributed by atoms with Gasteiger partial charge >= 0.3 is 5.51 Å². The van der Waals surface area contributed by atoms with Crippen LogP contribution in [0.4, 0.5) is 17.6 Å². The maximum atomic E-state index is 13.2. The van der Waals surface area contributed by atoms with Crippen LogP contribution in [0.5, 0.6) is 0 Å². The molecule has 0 aliphatic heterocycles. The number of hydrogen-bond acceptors (Lipinski definition) is 3. The van der Waals surface area contributed by atoms with Crippen molar-refractivity contribution in [1.82, 2.24) is 0 Å². The third-order valence-electron chi connectivity index (χ3n) is 3.75. The molecule has 0 aliphatic rings. The van der Waals surface area contributed by atoms with Crippen LogP contribution in [-0.4, -0.2) is 18.5 Å². The first-order valence-corrected chi connectivity index (χ1v) is 9.38. The lowest BCUT2D eigenvalue weighted by atomic mass is 9.85. The van der Waals surface area contributed by atoms with Gasteiger partial charge in [-0.25, -0.2) is 12.8 Å². The van der Waals surface area contributed by atoms with Crippen LogP contribution in [-0.2, 0) is 10.1 Å². The van der Waals surface area contributed by atoms with Gasteiger partial charge in [0.1, 0.15) is 5.82 Å². The molecule has 0 atom stereocenters. The summed E-state index contributed by atoms with van der Waals surface area (Å²) in [6.45, 7) is 0. The van der Waals surface area contributed by atoms with Crippen LogP contribution in [0.2, 0.25) is 0 Å². The van der Waals surface area contributed by atoms with Gasteiger partial charge in [0.15, 0.2) is 10.1 Å². The Kier molecular flexibility index (Phi) is 6.93. The maximum absolute atomic E-state index is 13.2. The second-order valence-electron chi connectivity index (χ2n) is 5.71. The molecule has 0 radical (unpaired) electrons. The first kappa shape index (κ1) is 21.6.